The van der Waals surface area contributed by atoms with Gasteiger partial charge < -0.3 is 10.6 Å². The second-order valence-electron chi connectivity index (χ2n) is 4.82. The number of rotatable bonds is 3. The second kappa shape index (κ2) is 5.55. The quantitative estimate of drug-likeness (QED) is 0.834. The van der Waals surface area contributed by atoms with E-state index in [2.05, 4.69) is 10.6 Å². The average Bonchev–Trinajstić information content (AvgIpc) is 2.39. The molecule has 1 aromatic rings. The Balaban J connectivity index is 2.06. The topological polar surface area (TPSA) is 24.1 Å². The summed E-state index contributed by atoms with van der Waals surface area (Å²) >= 11 is 0. The minimum Gasteiger partial charge on any atom is -0.382 e. The summed E-state index contributed by atoms with van der Waals surface area (Å²) in [6.07, 6.45) is -3.79. The first-order valence-electron chi connectivity index (χ1n) is 6.33. The van der Waals surface area contributed by atoms with Crippen LogP contribution in [0.3, 0.4) is 0 Å². The predicted molar refractivity (Wildman–Crippen MR) is 65.9 cm³/mol. The van der Waals surface area contributed by atoms with E-state index in [0.29, 0.717) is 5.69 Å². The van der Waals surface area contributed by atoms with E-state index in [9.17, 15) is 22.0 Å². The first-order chi connectivity index (χ1) is 9.30. The summed E-state index contributed by atoms with van der Waals surface area (Å²) in [6, 6.07) is 4.37. The van der Waals surface area contributed by atoms with Crippen molar-refractivity contribution in [1.29, 1.82) is 0 Å². The van der Waals surface area contributed by atoms with Gasteiger partial charge in [-0.25, -0.2) is 0 Å². The standard InChI is InChI=1S/C13H15F5N2/c14-12(15,13(16,17)18)9-1-3-10(4-2-9)20-11-5-7-19-8-6-11/h1-4,11,19-20H,5-8H2. The van der Waals surface area contributed by atoms with Crippen LogP contribution >= 0.6 is 0 Å². The number of piperidine rings is 1. The van der Waals surface area contributed by atoms with E-state index < -0.39 is 17.7 Å². The van der Waals surface area contributed by atoms with Crippen LogP contribution in [-0.2, 0) is 5.92 Å². The molecule has 0 aromatic heterocycles. The lowest BCUT2D eigenvalue weighted by molar-refractivity contribution is -0.289. The molecule has 0 saturated carbocycles. The lowest BCUT2D eigenvalue weighted by atomic mass is 10.0. The molecule has 2 N–H and O–H groups in total. The zero-order chi connectivity index (χ0) is 14.8. The lowest BCUT2D eigenvalue weighted by Crippen LogP contribution is -2.35. The van der Waals surface area contributed by atoms with E-state index in [0.717, 1.165) is 38.1 Å². The Morgan fingerprint density at radius 3 is 2.00 bits per heavy atom. The monoisotopic (exact) mass is 294 g/mol. The van der Waals surface area contributed by atoms with Crippen molar-refractivity contribution in [2.24, 2.45) is 0 Å². The number of alkyl halides is 5. The van der Waals surface area contributed by atoms with Gasteiger partial charge in [0.25, 0.3) is 0 Å². The van der Waals surface area contributed by atoms with Gasteiger partial charge in [0.2, 0.25) is 0 Å². The van der Waals surface area contributed by atoms with E-state index in [4.69, 9.17) is 0 Å². The fourth-order valence-electron chi connectivity index (χ4n) is 2.14. The van der Waals surface area contributed by atoms with Gasteiger partial charge in [0, 0.05) is 17.3 Å². The summed E-state index contributed by atoms with van der Waals surface area (Å²) in [5, 5.41) is 6.31. The van der Waals surface area contributed by atoms with E-state index in [-0.39, 0.29) is 6.04 Å². The molecule has 0 atom stereocenters. The highest BCUT2D eigenvalue weighted by molar-refractivity contribution is 5.46. The van der Waals surface area contributed by atoms with Crippen LogP contribution in [0.2, 0.25) is 0 Å². The van der Waals surface area contributed by atoms with Crippen molar-refractivity contribution in [2.45, 2.75) is 31.0 Å². The molecular formula is C13H15F5N2. The molecule has 0 amide bonds. The normalized spacial score (nSPS) is 18.1. The third kappa shape index (κ3) is 3.20. The highest BCUT2D eigenvalue weighted by Gasteiger charge is 2.58. The van der Waals surface area contributed by atoms with Crippen molar-refractivity contribution < 1.29 is 22.0 Å². The van der Waals surface area contributed by atoms with E-state index in [1.54, 1.807) is 0 Å². The Kier molecular flexibility index (Phi) is 4.17. The SMILES string of the molecule is FC(F)(F)C(F)(F)c1ccc(NC2CCNCC2)cc1. The van der Waals surface area contributed by atoms with Gasteiger partial charge in [-0.15, -0.1) is 0 Å². The second-order valence-corrected chi connectivity index (χ2v) is 4.82. The maximum absolute atomic E-state index is 13.1. The average molecular weight is 294 g/mol. The van der Waals surface area contributed by atoms with Gasteiger partial charge in [0.1, 0.15) is 0 Å². The highest BCUT2D eigenvalue weighted by Crippen LogP contribution is 2.43. The fraction of sp³-hybridized carbons (Fsp3) is 0.538. The van der Waals surface area contributed by atoms with Crippen molar-refractivity contribution in [3.05, 3.63) is 29.8 Å². The van der Waals surface area contributed by atoms with Gasteiger partial charge in [0.05, 0.1) is 0 Å². The Hall–Kier alpha value is -1.37. The highest BCUT2D eigenvalue weighted by atomic mass is 19.4. The minimum atomic E-state index is -5.57. The molecule has 1 saturated heterocycles. The molecule has 1 heterocycles. The van der Waals surface area contributed by atoms with Crippen molar-refractivity contribution in [3.63, 3.8) is 0 Å². The molecule has 112 valence electrons. The first-order valence-corrected chi connectivity index (χ1v) is 6.33. The number of halogens is 5. The summed E-state index contributed by atoms with van der Waals surface area (Å²) in [4.78, 5) is 0. The largest absolute Gasteiger partial charge is 0.458 e. The summed E-state index contributed by atoms with van der Waals surface area (Å²) in [7, 11) is 0. The molecule has 7 heteroatoms. The third-order valence-electron chi connectivity index (χ3n) is 3.31. The van der Waals surface area contributed by atoms with E-state index in [1.165, 1.54) is 12.1 Å². The molecule has 2 nitrogen and oxygen atoms in total. The molecule has 0 unspecified atom stereocenters. The van der Waals surface area contributed by atoms with Crippen LogP contribution in [0.1, 0.15) is 18.4 Å². The molecule has 1 aliphatic rings. The zero-order valence-corrected chi connectivity index (χ0v) is 10.6. The number of hydrogen-bond acceptors (Lipinski definition) is 2. The lowest BCUT2D eigenvalue weighted by Gasteiger charge is -2.25. The van der Waals surface area contributed by atoms with Crippen LogP contribution < -0.4 is 10.6 Å². The van der Waals surface area contributed by atoms with Crippen molar-refractivity contribution in [3.8, 4) is 0 Å². The van der Waals surface area contributed by atoms with Gasteiger partial charge in [-0.05, 0) is 38.1 Å². The molecule has 0 radical (unpaired) electrons. The van der Waals surface area contributed by atoms with Crippen LogP contribution in [0.4, 0.5) is 27.6 Å². The Bertz CT molecular complexity index is 435. The first kappa shape index (κ1) is 15.0. The van der Waals surface area contributed by atoms with Gasteiger partial charge in [-0.3, -0.25) is 0 Å². The molecule has 0 aliphatic carbocycles. The van der Waals surface area contributed by atoms with E-state index >= 15 is 0 Å². The number of anilines is 1. The Labute approximate surface area is 113 Å². The Morgan fingerprint density at radius 2 is 1.50 bits per heavy atom. The number of nitrogens with one attached hydrogen (secondary N) is 2. The Morgan fingerprint density at radius 1 is 0.950 bits per heavy atom. The van der Waals surface area contributed by atoms with Crippen molar-refractivity contribution >= 4 is 5.69 Å². The molecule has 2 rings (SSSR count). The summed E-state index contributed by atoms with van der Waals surface area (Å²) in [6.45, 7) is 1.73. The van der Waals surface area contributed by atoms with Crippen LogP contribution in [0, 0.1) is 0 Å². The summed E-state index contributed by atoms with van der Waals surface area (Å²) < 4.78 is 62.9. The summed E-state index contributed by atoms with van der Waals surface area (Å²) in [5.41, 5.74) is -0.487. The summed E-state index contributed by atoms with van der Waals surface area (Å²) in [5.74, 6) is -4.82. The van der Waals surface area contributed by atoms with Gasteiger partial charge in [-0.2, -0.15) is 22.0 Å². The molecule has 20 heavy (non-hydrogen) atoms. The van der Waals surface area contributed by atoms with Gasteiger partial charge in [0.15, 0.2) is 0 Å². The van der Waals surface area contributed by atoms with Gasteiger partial charge >= 0.3 is 12.1 Å². The number of benzene rings is 1. The molecule has 1 aromatic carbocycles. The smallest absolute Gasteiger partial charge is 0.382 e. The van der Waals surface area contributed by atoms with Crippen LogP contribution in [0.25, 0.3) is 0 Å². The number of hydrogen-bond donors (Lipinski definition) is 2. The zero-order valence-electron chi connectivity index (χ0n) is 10.6. The maximum atomic E-state index is 13.1. The van der Waals surface area contributed by atoms with Crippen LogP contribution in [0.15, 0.2) is 24.3 Å². The molecule has 0 spiro atoms. The van der Waals surface area contributed by atoms with Crippen molar-refractivity contribution in [2.75, 3.05) is 18.4 Å². The molecule has 1 aliphatic heterocycles. The maximum Gasteiger partial charge on any atom is 0.458 e. The predicted octanol–water partition coefficient (Wildman–Crippen LogP) is 3.50. The van der Waals surface area contributed by atoms with Crippen LogP contribution in [-0.4, -0.2) is 25.3 Å². The van der Waals surface area contributed by atoms with Crippen LogP contribution in [0.5, 0.6) is 0 Å². The van der Waals surface area contributed by atoms with Gasteiger partial charge in [-0.1, -0.05) is 12.1 Å². The van der Waals surface area contributed by atoms with E-state index in [1.807, 2.05) is 0 Å². The fourth-order valence-corrected chi connectivity index (χ4v) is 2.14. The molecular weight excluding hydrogens is 279 g/mol. The molecule has 0 bridgehead atoms. The molecule has 1 fully saturated rings. The minimum absolute atomic E-state index is 0.213. The third-order valence-corrected chi connectivity index (χ3v) is 3.31. The van der Waals surface area contributed by atoms with Crippen molar-refractivity contribution in [1.82, 2.24) is 5.32 Å².